The van der Waals surface area contributed by atoms with E-state index in [0.717, 1.165) is 44.3 Å². The molecule has 53 heavy (non-hydrogen) atoms. The van der Waals surface area contributed by atoms with Gasteiger partial charge in [-0.15, -0.1) is 11.3 Å². The Kier molecular flexibility index (Phi) is 5.90. The predicted octanol–water partition coefficient (Wildman–Crippen LogP) is 13.5. The SMILES string of the molecule is c1ccc2c(-c3ccc(-c4nc(-n5c6ccccc6c6c7ccccc7c7c8ccccc8sc7c65)nc5c4oc4ccccc45)cc3)cccc2c1. The second kappa shape index (κ2) is 10.8. The van der Waals surface area contributed by atoms with E-state index >= 15 is 0 Å². The highest BCUT2D eigenvalue weighted by Gasteiger charge is 2.25. The van der Waals surface area contributed by atoms with Crippen molar-refractivity contribution in [3.8, 4) is 28.3 Å². The van der Waals surface area contributed by atoms with Crippen LogP contribution in [0.1, 0.15) is 0 Å². The van der Waals surface area contributed by atoms with Crippen LogP contribution in [-0.2, 0) is 0 Å². The van der Waals surface area contributed by atoms with E-state index in [0.29, 0.717) is 11.5 Å². The molecular weight excluding hydrogens is 667 g/mol. The van der Waals surface area contributed by atoms with Crippen LogP contribution in [0.4, 0.5) is 0 Å². The molecule has 0 spiro atoms. The summed E-state index contributed by atoms with van der Waals surface area (Å²) in [5.41, 5.74) is 8.59. The normalized spacial score (nSPS) is 12.2. The molecule has 0 aliphatic carbocycles. The van der Waals surface area contributed by atoms with Crippen LogP contribution in [0.2, 0.25) is 0 Å². The zero-order valence-corrected chi connectivity index (χ0v) is 29.1. The maximum atomic E-state index is 6.59. The smallest absolute Gasteiger partial charge is 0.236 e. The third-order valence-electron chi connectivity index (χ3n) is 10.8. The van der Waals surface area contributed by atoms with Gasteiger partial charge in [-0.1, -0.05) is 140 Å². The summed E-state index contributed by atoms with van der Waals surface area (Å²) in [6.07, 6.45) is 0. The molecule has 12 aromatic rings. The van der Waals surface area contributed by atoms with Gasteiger partial charge in [0.15, 0.2) is 5.58 Å². The summed E-state index contributed by atoms with van der Waals surface area (Å²) < 4.78 is 11.4. The molecule has 4 heterocycles. The minimum atomic E-state index is 0.623. The van der Waals surface area contributed by atoms with Crippen LogP contribution in [0.25, 0.3) is 114 Å². The minimum Gasteiger partial charge on any atom is -0.452 e. The number of aromatic nitrogens is 3. The van der Waals surface area contributed by atoms with Gasteiger partial charge in [-0.25, -0.2) is 9.97 Å². The molecule has 0 amide bonds. The molecule has 12 rings (SSSR count). The van der Waals surface area contributed by atoms with Crippen LogP contribution in [0.5, 0.6) is 0 Å². The Labute approximate surface area is 306 Å². The molecule has 0 radical (unpaired) electrons. The molecule has 0 saturated heterocycles. The summed E-state index contributed by atoms with van der Waals surface area (Å²) in [5.74, 6) is 0.623. The molecule has 0 saturated carbocycles. The molecule has 8 aromatic carbocycles. The van der Waals surface area contributed by atoms with Gasteiger partial charge >= 0.3 is 0 Å². The first kappa shape index (κ1) is 28.8. The van der Waals surface area contributed by atoms with Crippen LogP contribution in [0.15, 0.2) is 168 Å². The van der Waals surface area contributed by atoms with Crippen molar-refractivity contribution in [2.45, 2.75) is 0 Å². The van der Waals surface area contributed by atoms with Gasteiger partial charge in [0, 0.05) is 37.2 Å². The Morgan fingerprint density at radius 1 is 0.491 bits per heavy atom. The van der Waals surface area contributed by atoms with Gasteiger partial charge < -0.3 is 4.42 Å². The molecule has 0 bridgehead atoms. The van der Waals surface area contributed by atoms with Crippen molar-refractivity contribution in [3.05, 3.63) is 164 Å². The van der Waals surface area contributed by atoms with Crippen molar-refractivity contribution in [3.63, 3.8) is 0 Å². The third kappa shape index (κ3) is 4.05. The second-order valence-corrected chi connectivity index (χ2v) is 14.7. The van der Waals surface area contributed by atoms with E-state index in [-0.39, 0.29) is 0 Å². The molecule has 5 heteroatoms. The monoisotopic (exact) mass is 693 g/mol. The highest BCUT2D eigenvalue weighted by atomic mass is 32.1. The molecule has 0 unspecified atom stereocenters. The lowest BCUT2D eigenvalue weighted by Gasteiger charge is -2.11. The number of rotatable bonds is 3. The minimum absolute atomic E-state index is 0.623. The van der Waals surface area contributed by atoms with Crippen LogP contribution in [0.3, 0.4) is 0 Å². The zero-order valence-electron chi connectivity index (χ0n) is 28.2. The first-order valence-electron chi connectivity index (χ1n) is 17.8. The van der Waals surface area contributed by atoms with Crippen molar-refractivity contribution in [1.29, 1.82) is 0 Å². The fourth-order valence-electron chi connectivity index (χ4n) is 8.49. The quantitative estimate of drug-likeness (QED) is 0.185. The summed E-state index contributed by atoms with van der Waals surface area (Å²) in [4.78, 5) is 10.9. The van der Waals surface area contributed by atoms with E-state index in [9.17, 15) is 0 Å². The van der Waals surface area contributed by atoms with E-state index in [1.165, 1.54) is 58.1 Å². The molecule has 0 N–H and O–H groups in total. The van der Waals surface area contributed by atoms with Gasteiger partial charge in [-0.2, -0.15) is 0 Å². The summed E-state index contributed by atoms with van der Waals surface area (Å²) in [6.45, 7) is 0. The standard InChI is InChI=1S/C48H27N3OS/c1-2-14-31-28(12-1)13-11-20-32(31)29-24-26-30(27-25-29)43-46-44(36-18-6-9-22-39(36)52-46)50-48(49-43)51-38-21-8-5-17-35(38)41-33-15-3-4-16-34(33)42-37-19-7-10-23-40(37)53-47(42)45(41)51/h1-27H. The highest BCUT2D eigenvalue weighted by molar-refractivity contribution is 7.27. The summed E-state index contributed by atoms with van der Waals surface area (Å²) in [7, 11) is 0. The van der Waals surface area contributed by atoms with Gasteiger partial charge in [0.05, 0.1) is 15.7 Å². The lowest BCUT2D eigenvalue weighted by Crippen LogP contribution is -2.03. The van der Waals surface area contributed by atoms with E-state index in [1.54, 1.807) is 0 Å². The first-order chi connectivity index (χ1) is 26.3. The Bertz CT molecular complexity index is 3450. The lowest BCUT2D eigenvalue weighted by atomic mass is 9.97. The van der Waals surface area contributed by atoms with Crippen molar-refractivity contribution < 1.29 is 4.42 Å². The Morgan fingerprint density at radius 2 is 1.13 bits per heavy atom. The molecule has 0 atom stereocenters. The Morgan fingerprint density at radius 3 is 1.98 bits per heavy atom. The second-order valence-electron chi connectivity index (χ2n) is 13.7. The Hall–Kier alpha value is -6.82. The first-order valence-corrected chi connectivity index (χ1v) is 18.7. The lowest BCUT2D eigenvalue weighted by molar-refractivity contribution is 0.666. The van der Waals surface area contributed by atoms with Gasteiger partial charge in [0.2, 0.25) is 5.95 Å². The third-order valence-corrected chi connectivity index (χ3v) is 12.0. The fourth-order valence-corrected chi connectivity index (χ4v) is 9.75. The number of nitrogens with zero attached hydrogens (tertiary/aromatic N) is 3. The summed E-state index contributed by atoms with van der Waals surface area (Å²) in [6, 6.07) is 58.2. The largest absolute Gasteiger partial charge is 0.452 e. The van der Waals surface area contributed by atoms with Crippen molar-refractivity contribution in [2.24, 2.45) is 0 Å². The van der Waals surface area contributed by atoms with E-state index < -0.39 is 0 Å². The van der Waals surface area contributed by atoms with Gasteiger partial charge in [0.25, 0.3) is 0 Å². The van der Waals surface area contributed by atoms with Crippen LogP contribution in [0, 0.1) is 0 Å². The molecule has 4 aromatic heterocycles. The number of fused-ring (bicyclic) bond motifs is 14. The maximum Gasteiger partial charge on any atom is 0.236 e. The van der Waals surface area contributed by atoms with Crippen molar-refractivity contribution >= 4 is 96.9 Å². The zero-order chi connectivity index (χ0) is 34.6. The molecular formula is C48H27N3OS. The van der Waals surface area contributed by atoms with Crippen molar-refractivity contribution in [2.75, 3.05) is 0 Å². The summed E-state index contributed by atoms with van der Waals surface area (Å²) in [5, 5.41) is 10.9. The summed E-state index contributed by atoms with van der Waals surface area (Å²) >= 11 is 1.84. The molecule has 0 aliphatic heterocycles. The number of benzene rings is 8. The van der Waals surface area contributed by atoms with E-state index in [1.807, 2.05) is 29.5 Å². The number of hydrogen-bond donors (Lipinski definition) is 0. The Balaban J connectivity index is 1.19. The van der Waals surface area contributed by atoms with Crippen LogP contribution in [-0.4, -0.2) is 14.5 Å². The van der Waals surface area contributed by atoms with Crippen LogP contribution < -0.4 is 0 Å². The van der Waals surface area contributed by atoms with Gasteiger partial charge in [-0.3, -0.25) is 4.57 Å². The number of thiophene rings is 1. The highest BCUT2D eigenvalue weighted by Crippen LogP contribution is 2.48. The molecule has 246 valence electrons. The average molecular weight is 694 g/mol. The van der Waals surface area contributed by atoms with Gasteiger partial charge in [0.1, 0.15) is 16.8 Å². The number of furan rings is 1. The van der Waals surface area contributed by atoms with Gasteiger partial charge in [-0.05, 0) is 56.9 Å². The van der Waals surface area contributed by atoms with Crippen molar-refractivity contribution in [1.82, 2.24) is 14.5 Å². The maximum absolute atomic E-state index is 6.59. The number of para-hydroxylation sites is 2. The fraction of sp³-hybridized carbons (Fsp3) is 0. The number of hydrogen-bond acceptors (Lipinski definition) is 4. The molecule has 0 aliphatic rings. The average Bonchev–Trinajstić information content (AvgIpc) is 3.91. The van der Waals surface area contributed by atoms with E-state index in [4.69, 9.17) is 14.4 Å². The van der Waals surface area contributed by atoms with Crippen LogP contribution >= 0.6 is 11.3 Å². The molecule has 0 fully saturated rings. The topological polar surface area (TPSA) is 43.9 Å². The predicted molar refractivity (Wildman–Crippen MR) is 222 cm³/mol. The molecule has 4 nitrogen and oxygen atoms in total. The van der Waals surface area contributed by atoms with E-state index in [2.05, 4.69) is 150 Å².